The lowest BCUT2D eigenvalue weighted by molar-refractivity contribution is -0.181. The van der Waals surface area contributed by atoms with Crippen LogP contribution >= 0.6 is 0 Å². The summed E-state index contributed by atoms with van der Waals surface area (Å²) in [5.41, 5.74) is 0. The van der Waals surface area contributed by atoms with E-state index in [1.807, 2.05) is 7.05 Å². The average Bonchev–Trinajstić information content (AvgIpc) is 2.45. The Balaban J connectivity index is 2.40. The zero-order valence-electron chi connectivity index (χ0n) is 12.6. The lowest BCUT2D eigenvalue weighted by atomic mass is 9.96. The number of hydrogen-bond donors (Lipinski definition) is 0. The molecule has 1 heterocycles. The van der Waals surface area contributed by atoms with Gasteiger partial charge in [0.2, 0.25) is 0 Å². The highest BCUT2D eigenvalue weighted by Gasteiger charge is 2.51. The molecule has 0 aromatic rings. The molecule has 1 saturated heterocycles. The third kappa shape index (κ3) is 5.13. The van der Waals surface area contributed by atoms with Gasteiger partial charge in [0.15, 0.2) is 0 Å². The molecule has 21 heavy (non-hydrogen) atoms. The summed E-state index contributed by atoms with van der Waals surface area (Å²) in [5, 5.41) is 0. The number of nitrogens with zero attached hydrogens (tertiary/aromatic N) is 2. The van der Waals surface area contributed by atoms with Gasteiger partial charge in [-0.1, -0.05) is 13.3 Å². The molecule has 0 N–H and O–H groups in total. The second-order valence-electron chi connectivity index (χ2n) is 5.78. The fraction of sp³-hybridized carbons (Fsp3) is 0.929. The molecular weight excluding hydrogens is 288 g/mol. The van der Waals surface area contributed by atoms with Gasteiger partial charge in [-0.3, -0.25) is 4.79 Å². The van der Waals surface area contributed by atoms with Gasteiger partial charge >= 0.3 is 12.3 Å². The number of halogens is 4. The zero-order valence-corrected chi connectivity index (χ0v) is 12.6. The van der Waals surface area contributed by atoms with Gasteiger partial charge in [0, 0.05) is 19.6 Å². The molecular formula is C14H24F4N2O. The van der Waals surface area contributed by atoms with E-state index in [0.29, 0.717) is 18.8 Å². The van der Waals surface area contributed by atoms with Crippen LogP contribution in [0.3, 0.4) is 0 Å². The summed E-state index contributed by atoms with van der Waals surface area (Å²) in [7, 11) is 2.01. The minimum Gasteiger partial charge on any atom is -0.337 e. The maximum Gasteiger partial charge on any atom is 0.383 e. The average molecular weight is 312 g/mol. The lowest BCUT2D eigenvalue weighted by Gasteiger charge is -2.35. The van der Waals surface area contributed by atoms with Gasteiger partial charge < -0.3 is 9.80 Å². The minimum atomic E-state index is -4.56. The predicted molar refractivity (Wildman–Crippen MR) is 72.7 cm³/mol. The number of unbranched alkanes of at least 4 members (excludes halogenated alkanes) is 1. The molecule has 0 aliphatic carbocycles. The van der Waals surface area contributed by atoms with Crippen LogP contribution in [-0.4, -0.2) is 61.3 Å². The molecule has 0 aromatic heterocycles. The molecule has 1 aliphatic heterocycles. The Morgan fingerprint density at radius 1 is 1.33 bits per heavy atom. The highest BCUT2D eigenvalue weighted by molar-refractivity contribution is 5.84. The highest BCUT2D eigenvalue weighted by atomic mass is 19.3. The van der Waals surface area contributed by atoms with Crippen molar-refractivity contribution in [1.82, 2.24) is 9.80 Å². The van der Waals surface area contributed by atoms with Gasteiger partial charge in [0.25, 0.3) is 5.91 Å². The standard InChI is InChI=1S/C14H24F4N2O/c1-3-4-7-19(2)10-11-5-8-20(9-6-11)13(21)14(17,18)12(15)16/h11-12H,3-10H2,1-2H3. The van der Waals surface area contributed by atoms with E-state index in [-0.39, 0.29) is 13.1 Å². The maximum atomic E-state index is 13.0. The van der Waals surface area contributed by atoms with Crippen molar-refractivity contribution in [2.75, 3.05) is 33.2 Å². The smallest absolute Gasteiger partial charge is 0.337 e. The lowest BCUT2D eigenvalue weighted by Crippen LogP contribution is -2.51. The number of piperidine rings is 1. The summed E-state index contributed by atoms with van der Waals surface area (Å²) in [6.07, 6.45) is -0.555. The van der Waals surface area contributed by atoms with Crippen LogP contribution in [0.25, 0.3) is 0 Å². The fourth-order valence-corrected chi connectivity index (χ4v) is 2.58. The Kier molecular flexibility index (Phi) is 6.90. The Hall–Kier alpha value is -0.850. The van der Waals surface area contributed by atoms with E-state index < -0.39 is 18.3 Å². The predicted octanol–water partition coefficient (Wildman–Crippen LogP) is 2.86. The molecule has 1 amide bonds. The summed E-state index contributed by atoms with van der Waals surface area (Å²) < 4.78 is 50.4. The monoisotopic (exact) mass is 312 g/mol. The van der Waals surface area contributed by atoms with Crippen LogP contribution in [0, 0.1) is 5.92 Å². The van der Waals surface area contributed by atoms with E-state index in [1.54, 1.807) is 0 Å². The third-order valence-corrected chi connectivity index (χ3v) is 3.92. The molecule has 124 valence electrons. The van der Waals surface area contributed by atoms with Gasteiger partial charge in [-0.15, -0.1) is 0 Å². The molecule has 0 aromatic carbocycles. The Morgan fingerprint density at radius 3 is 2.38 bits per heavy atom. The summed E-state index contributed by atoms with van der Waals surface area (Å²) in [5.74, 6) is -5.98. The first kappa shape index (κ1) is 18.2. The molecule has 0 atom stereocenters. The van der Waals surface area contributed by atoms with Crippen LogP contribution in [0.4, 0.5) is 17.6 Å². The summed E-state index contributed by atoms with van der Waals surface area (Å²) in [4.78, 5) is 14.5. The Bertz CT molecular complexity index is 331. The number of rotatable bonds is 7. The van der Waals surface area contributed by atoms with Crippen LogP contribution in [0.5, 0.6) is 0 Å². The van der Waals surface area contributed by atoms with E-state index in [4.69, 9.17) is 0 Å². The van der Waals surface area contributed by atoms with E-state index in [9.17, 15) is 22.4 Å². The van der Waals surface area contributed by atoms with Crippen molar-refractivity contribution in [1.29, 1.82) is 0 Å². The molecule has 1 fully saturated rings. The van der Waals surface area contributed by atoms with Gasteiger partial charge in [-0.25, -0.2) is 8.78 Å². The van der Waals surface area contributed by atoms with Gasteiger partial charge in [-0.05, 0) is 38.8 Å². The first-order valence-corrected chi connectivity index (χ1v) is 7.42. The topological polar surface area (TPSA) is 23.6 Å². The number of amides is 1. The van der Waals surface area contributed by atoms with Crippen molar-refractivity contribution in [2.24, 2.45) is 5.92 Å². The molecule has 7 heteroatoms. The molecule has 1 rings (SSSR count). The largest absolute Gasteiger partial charge is 0.383 e. The van der Waals surface area contributed by atoms with Crippen LogP contribution in [0.2, 0.25) is 0 Å². The zero-order chi connectivity index (χ0) is 16.0. The van der Waals surface area contributed by atoms with Crippen LogP contribution in [0.15, 0.2) is 0 Å². The van der Waals surface area contributed by atoms with Crippen LogP contribution in [-0.2, 0) is 4.79 Å². The molecule has 0 radical (unpaired) electrons. The van der Waals surface area contributed by atoms with Crippen molar-refractivity contribution in [3.05, 3.63) is 0 Å². The first-order chi connectivity index (χ1) is 9.78. The van der Waals surface area contributed by atoms with Crippen molar-refractivity contribution >= 4 is 5.91 Å². The Morgan fingerprint density at radius 2 is 1.90 bits per heavy atom. The number of hydrogen-bond acceptors (Lipinski definition) is 2. The third-order valence-electron chi connectivity index (χ3n) is 3.92. The number of likely N-dealkylation sites (tertiary alicyclic amines) is 1. The SMILES string of the molecule is CCCCN(C)CC1CCN(C(=O)C(F)(F)C(F)F)CC1. The Labute approximate surface area is 123 Å². The van der Waals surface area contributed by atoms with E-state index >= 15 is 0 Å². The van der Waals surface area contributed by atoms with Gasteiger partial charge in [0.05, 0.1) is 0 Å². The minimum absolute atomic E-state index is 0.132. The second kappa shape index (κ2) is 7.96. The normalized spacial score (nSPS) is 17.8. The van der Waals surface area contributed by atoms with Crippen molar-refractivity contribution in [3.63, 3.8) is 0 Å². The number of alkyl halides is 4. The van der Waals surface area contributed by atoms with Gasteiger partial charge in [0.1, 0.15) is 0 Å². The number of carbonyl (C=O) groups excluding carboxylic acids is 1. The summed E-state index contributed by atoms with van der Waals surface area (Å²) in [6.45, 7) is 4.22. The summed E-state index contributed by atoms with van der Waals surface area (Å²) in [6, 6.07) is 0. The fourth-order valence-electron chi connectivity index (χ4n) is 2.58. The number of carbonyl (C=O) groups is 1. The second-order valence-corrected chi connectivity index (χ2v) is 5.78. The van der Waals surface area contributed by atoms with E-state index in [0.717, 1.165) is 30.8 Å². The van der Waals surface area contributed by atoms with Crippen molar-refractivity contribution in [2.45, 2.75) is 45.0 Å². The van der Waals surface area contributed by atoms with Crippen molar-refractivity contribution in [3.8, 4) is 0 Å². The summed E-state index contributed by atoms with van der Waals surface area (Å²) >= 11 is 0. The molecule has 1 aliphatic rings. The van der Waals surface area contributed by atoms with E-state index in [2.05, 4.69) is 11.8 Å². The van der Waals surface area contributed by atoms with Crippen LogP contribution in [0.1, 0.15) is 32.6 Å². The van der Waals surface area contributed by atoms with Gasteiger partial charge in [-0.2, -0.15) is 8.78 Å². The maximum absolute atomic E-state index is 13.0. The van der Waals surface area contributed by atoms with E-state index in [1.165, 1.54) is 0 Å². The highest BCUT2D eigenvalue weighted by Crippen LogP contribution is 2.28. The van der Waals surface area contributed by atoms with Crippen LogP contribution < -0.4 is 0 Å². The van der Waals surface area contributed by atoms with Crippen molar-refractivity contribution < 1.29 is 22.4 Å². The quantitative estimate of drug-likeness (QED) is 0.675. The molecule has 0 unspecified atom stereocenters. The molecule has 0 bridgehead atoms. The first-order valence-electron chi connectivity index (χ1n) is 7.42. The molecule has 0 saturated carbocycles. The molecule has 0 spiro atoms. The molecule has 3 nitrogen and oxygen atoms in total.